The van der Waals surface area contributed by atoms with Crippen molar-refractivity contribution in [2.75, 3.05) is 6.54 Å². The molecule has 0 radical (unpaired) electrons. The summed E-state index contributed by atoms with van der Waals surface area (Å²) in [5.41, 5.74) is 0.936. The quantitative estimate of drug-likeness (QED) is 0.613. The van der Waals surface area contributed by atoms with E-state index in [0.29, 0.717) is 43.9 Å². The van der Waals surface area contributed by atoms with Crippen LogP contribution in [0.1, 0.15) is 36.9 Å². The van der Waals surface area contributed by atoms with Gasteiger partial charge in [-0.3, -0.25) is 18.7 Å². The van der Waals surface area contributed by atoms with Crippen molar-refractivity contribution in [1.82, 2.24) is 24.6 Å². The van der Waals surface area contributed by atoms with E-state index in [2.05, 4.69) is 15.5 Å². The van der Waals surface area contributed by atoms with Gasteiger partial charge in [-0.25, -0.2) is 4.79 Å². The highest BCUT2D eigenvalue weighted by molar-refractivity contribution is 5.75. The number of aromatic nitrogens is 4. The summed E-state index contributed by atoms with van der Waals surface area (Å²) in [5, 5.41) is 6.73. The molecule has 3 heterocycles. The van der Waals surface area contributed by atoms with E-state index in [1.54, 1.807) is 4.57 Å². The fraction of sp³-hybridized carbons (Fsp3) is 0.409. The van der Waals surface area contributed by atoms with Crippen LogP contribution in [-0.4, -0.2) is 31.7 Å². The molecule has 9 heteroatoms. The Morgan fingerprint density at radius 2 is 2.00 bits per heavy atom. The number of carbonyl (C=O) groups is 1. The van der Waals surface area contributed by atoms with Crippen molar-refractivity contribution in [3.8, 4) is 11.4 Å². The fourth-order valence-electron chi connectivity index (χ4n) is 3.85. The molecule has 31 heavy (non-hydrogen) atoms. The van der Waals surface area contributed by atoms with Gasteiger partial charge in [0.05, 0.1) is 0 Å². The van der Waals surface area contributed by atoms with Crippen LogP contribution in [0, 0.1) is 0 Å². The van der Waals surface area contributed by atoms with Crippen LogP contribution in [0.15, 0.2) is 44.4 Å². The second-order valence-corrected chi connectivity index (χ2v) is 7.56. The van der Waals surface area contributed by atoms with Gasteiger partial charge in [-0.2, -0.15) is 4.98 Å². The van der Waals surface area contributed by atoms with Crippen LogP contribution in [0.2, 0.25) is 0 Å². The molecular formula is C22H25N5O4. The lowest BCUT2D eigenvalue weighted by atomic mass is 10.0. The molecule has 0 unspecified atom stereocenters. The van der Waals surface area contributed by atoms with Gasteiger partial charge < -0.3 is 9.84 Å². The number of rotatable bonds is 7. The summed E-state index contributed by atoms with van der Waals surface area (Å²) in [6, 6.07) is 9.77. The number of fused-ring (bicyclic) bond motifs is 1. The summed E-state index contributed by atoms with van der Waals surface area (Å²) >= 11 is 0. The molecule has 1 N–H and O–H groups in total. The smallest absolute Gasteiger partial charge is 0.331 e. The highest BCUT2D eigenvalue weighted by Gasteiger charge is 2.26. The maximum atomic E-state index is 13.2. The Morgan fingerprint density at radius 1 is 1.19 bits per heavy atom. The Morgan fingerprint density at radius 3 is 2.74 bits per heavy atom. The Kier molecular flexibility index (Phi) is 6.11. The minimum absolute atomic E-state index is 0.172. The summed E-state index contributed by atoms with van der Waals surface area (Å²) < 4.78 is 7.73. The van der Waals surface area contributed by atoms with E-state index >= 15 is 0 Å². The van der Waals surface area contributed by atoms with Crippen LogP contribution in [0.4, 0.5) is 0 Å². The molecule has 162 valence electrons. The third-order valence-corrected chi connectivity index (χ3v) is 5.46. The maximum absolute atomic E-state index is 13.2. The number of benzene rings is 1. The Hall–Kier alpha value is -3.49. The number of amides is 1. The van der Waals surface area contributed by atoms with Crippen LogP contribution in [-0.2, 0) is 37.1 Å². The first-order valence-corrected chi connectivity index (χ1v) is 10.6. The minimum atomic E-state index is -0.556. The number of nitrogens with one attached hydrogen (secondary N) is 1. The van der Waals surface area contributed by atoms with Gasteiger partial charge in [0.15, 0.2) is 0 Å². The van der Waals surface area contributed by atoms with Crippen LogP contribution in [0.25, 0.3) is 11.4 Å². The van der Waals surface area contributed by atoms with Gasteiger partial charge >= 0.3 is 5.69 Å². The third-order valence-electron chi connectivity index (χ3n) is 5.46. The zero-order chi connectivity index (χ0) is 21.8. The molecule has 0 saturated carbocycles. The van der Waals surface area contributed by atoms with E-state index < -0.39 is 11.2 Å². The zero-order valence-corrected chi connectivity index (χ0v) is 17.5. The van der Waals surface area contributed by atoms with Crippen molar-refractivity contribution in [2.24, 2.45) is 0 Å². The van der Waals surface area contributed by atoms with Crippen molar-refractivity contribution in [2.45, 2.75) is 52.1 Å². The lowest BCUT2D eigenvalue weighted by Gasteiger charge is -2.21. The summed E-state index contributed by atoms with van der Waals surface area (Å²) in [6.07, 6.45) is 3.49. The molecular weight excluding hydrogens is 398 g/mol. The van der Waals surface area contributed by atoms with E-state index in [9.17, 15) is 14.4 Å². The topological polar surface area (TPSA) is 112 Å². The second-order valence-electron chi connectivity index (χ2n) is 7.56. The van der Waals surface area contributed by atoms with Gasteiger partial charge in [-0.15, -0.1) is 0 Å². The molecule has 4 rings (SSSR count). The molecule has 0 atom stereocenters. The number of carbonyl (C=O) groups excluding carboxylic acids is 1. The molecule has 0 saturated heterocycles. The van der Waals surface area contributed by atoms with Crippen molar-refractivity contribution in [1.29, 1.82) is 0 Å². The standard InChI is InChI=1S/C22H25N5O4/c1-2-18-24-20(25-31-18)19-16-10-6-7-13-26(16)22(30)27(21(19)29)14-17(28)23-12-11-15-8-4-3-5-9-15/h3-5,8-9H,2,6-7,10-14H2,1H3,(H,23,28). The second kappa shape index (κ2) is 9.11. The normalized spacial score (nSPS) is 13.1. The molecule has 1 aliphatic heterocycles. The van der Waals surface area contributed by atoms with Gasteiger partial charge in [0.1, 0.15) is 12.1 Å². The van der Waals surface area contributed by atoms with E-state index in [4.69, 9.17) is 4.52 Å². The minimum Gasteiger partial charge on any atom is -0.354 e. The lowest BCUT2D eigenvalue weighted by Crippen LogP contribution is -2.46. The molecule has 0 aliphatic carbocycles. The van der Waals surface area contributed by atoms with Crippen molar-refractivity contribution in [3.05, 3.63) is 68.3 Å². The van der Waals surface area contributed by atoms with Gasteiger partial charge in [-0.05, 0) is 31.2 Å². The fourth-order valence-corrected chi connectivity index (χ4v) is 3.85. The van der Waals surface area contributed by atoms with Crippen molar-refractivity contribution in [3.63, 3.8) is 0 Å². The first-order chi connectivity index (χ1) is 15.1. The number of nitrogens with zero attached hydrogens (tertiary/aromatic N) is 4. The lowest BCUT2D eigenvalue weighted by molar-refractivity contribution is -0.121. The number of aryl methyl sites for hydroxylation is 1. The molecule has 0 spiro atoms. The SMILES string of the molecule is CCc1nc(-c2c3n(c(=O)n(CC(=O)NCCc4ccccc4)c2=O)CCCC3)no1. The van der Waals surface area contributed by atoms with Crippen molar-refractivity contribution >= 4 is 5.91 Å². The molecule has 0 bridgehead atoms. The van der Waals surface area contributed by atoms with Gasteiger partial charge in [-0.1, -0.05) is 42.4 Å². The first-order valence-electron chi connectivity index (χ1n) is 10.6. The average Bonchev–Trinajstić information content (AvgIpc) is 3.26. The average molecular weight is 423 g/mol. The molecule has 3 aromatic rings. The highest BCUT2D eigenvalue weighted by Crippen LogP contribution is 2.21. The first kappa shape index (κ1) is 20.8. The summed E-state index contributed by atoms with van der Waals surface area (Å²) in [4.78, 5) is 43.0. The zero-order valence-electron chi connectivity index (χ0n) is 17.5. The van der Waals surface area contributed by atoms with Crippen LogP contribution in [0.3, 0.4) is 0 Å². The third kappa shape index (κ3) is 4.35. The van der Waals surface area contributed by atoms with E-state index in [1.807, 2.05) is 37.3 Å². The van der Waals surface area contributed by atoms with Crippen LogP contribution < -0.4 is 16.6 Å². The van der Waals surface area contributed by atoms with E-state index in [0.717, 1.165) is 23.0 Å². The monoisotopic (exact) mass is 423 g/mol. The van der Waals surface area contributed by atoms with E-state index in [1.165, 1.54) is 0 Å². The summed E-state index contributed by atoms with van der Waals surface area (Å²) in [5.74, 6) is 0.200. The summed E-state index contributed by atoms with van der Waals surface area (Å²) in [6.45, 7) is 2.44. The van der Waals surface area contributed by atoms with Crippen LogP contribution >= 0.6 is 0 Å². The van der Waals surface area contributed by atoms with Gasteiger partial charge in [0.2, 0.25) is 17.6 Å². The Balaban J connectivity index is 1.61. The molecule has 1 aliphatic rings. The Labute approximate surface area is 178 Å². The van der Waals surface area contributed by atoms with Crippen LogP contribution in [0.5, 0.6) is 0 Å². The molecule has 1 amide bonds. The number of hydrogen-bond acceptors (Lipinski definition) is 6. The Bertz CT molecular complexity index is 1190. The molecule has 1 aromatic carbocycles. The summed E-state index contributed by atoms with van der Waals surface area (Å²) in [7, 11) is 0. The highest BCUT2D eigenvalue weighted by atomic mass is 16.5. The number of hydrogen-bond donors (Lipinski definition) is 1. The van der Waals surface area contributed by atoms with E-state index in [-0.39, 0.29) is 23.8 Å². The largest absolute Gasteiger partial charge is 0.354 e. The maximum Gasteiger partial charge on any atom is 0.331 e. The molecule has 0 fully saturated rings. The predicted octanol–water partition coefficient (Wildman–Crippen LogP) is 1.32. The van der Waals surface area contributed by atoms with Gasteiger partial charge in [0.25, 0.3) is 5.56 Å². The molecule has 2 aromatic heterocycles. The van der Waals surface area contributed by atoms with Crippen molar-refractivity contribution < 1.29 is 9.32 Å². The molecule has 9 nitrogen and oxygen atoms in total. The van der Waals surface area contributed by atoms with Gasteiger partial charge in [0, 0.05) is 25.2 Å². The predicted molar refractivity (Wildman–Crippen MR) is 114 cm³/mol.